The van der Waals surface area contributed by atoms with Gasteiger partial charge in [-0.1, -0.05) is 0 Å². The van der Waals surface area contributed by atoms with Gasteiger partial charge in [0.25, 0.3) is 0 Å². The van der Waals surface area contributed by atoms with Crippen molar-refractivity contribution in [2.75, 3.05) is 13.2 Å². The number of halogens is 1. The Morgan fingerprint density at radius 1 is 1.33 bits per heavy atom. The standard InChI is InChI=1S/C17H26FN3O3/c1-17(2,3)24-16(22)21-9-5-4-7-14(21)8-6-10-23-15-19-11-13(18)12-20-15/h11-12,14H,4-10H2,1-3H3. The summed E-state index contributed by atoms with van der Waals surface area (Å²) in [6.45, 7) is 6.80. The third-order valence-electron chi connectivity index (χ3n) is 3.76. The van der Waals surface area contributed by atoms with Crippen LogP contribution in [0, 0.1) is 5.82 Å². The molecule has 24 heavy (non-hydrogen) atoms. The molecule has 0 N–H and O–H groups in total. The van der Waals surface area contributed by atoms with Gasteiger partial charge in [0.2, 0.25) is 0 Å². The maximum atomic E-state index is 12.7. The van der Waals surface area contributed by atoms with Crippen LogP contribution >= 0.6 is 0 Å². The Hall–Kier alpha value is -1.92. The largest absolute Gasteiger partial charge is 0.463 e. The van der Waals surface area contributed by atoms with Crippen LogP contribution in [0.5, 0.6) is 6.01 Å². The van der Waals surface area contributed by atoms with Gasteiger partial charge in [-0.05, 0) is 52.9 Å². The first-order chi connectivity index (χ1) is 11.3. The predicted molar refractivity (Wildman–Crippen MR) is 87.3 cm³/mol. The second-order valence-corrected chi connectivity index (χ2v) is 7.00. The number of hydrogen-bond donors (Lipinski definition) is 0. The van der Waals surface area contributed by atoms with Crippen LogP contribution in [0.4, 0.5) is 9.18 Å². The molecule has 2 heterocycles. The molecule has 7 heteroatoms. The molecule has 0 bridgehead atoms. The van der Waals surface area contributed by atoms with Crippen molar-refractivity contribution in [2.24, 2.45) is 0 Å². The van der Waals surface area contributed by atoms with E-state index in [1.807, 2.05) is 25.7 Å². The molecule has 1 aromatic heterocycles. The Balaban J connectivity index is 1.78. The van der Waals surface area contributed by atoms with Gasteiger partial charge in [-0.25, -0.2) is 19.2 Å². The molecule has 6 nitrogen and oxygen atoms in total. The molecule has 0 saturated carbocycles. The lowest BCUT2D eigenvalue weighted by Crippen LogP contribution is -2.46. The average Bonchev–Trinajstić information content (AvgIpc) is 2.52. The maximum absolute atomic E-state index is 12.7. The minimum atomic E-state index is -0.488. The summed E-state index contributed by atoms with van der Waals surface area (Å²) in [5.74, 6) is -0.488. The van der Waals surface area contributed by atoms with E-state index in [-0.39, 0.29) is 18.1 Å². The van der Waals surface area contributed by atoms with Crippen LogP contribution < -0.4 is 4.74 Å². The van der Waals surface area contributed by atoms with Crippen molar-refractivity contribution in [3.63, 3.8) is 0 Å². The summed E-state index contributed by atoms with van der Waals surface area (Å²) in [7, 11) is 0. The molecule has 0 aliphatic carbocycles. The first-order valence-electron chi connectivity index (χ1n) is 8.45. The van der Waals surface area contributed by atoms with E-state index in [1.54, 1.807) is 0 Å². The van der Waals surface area contributed by atoms with Gasteiger partial charge in [0.05, 0.1) is 19.0 Å². The third-order valence-corrected chi connectivity index (χ3v) is 3.76. The van der Waals surface area contributed by atoms with E-state index in [4.69, 9.17) is 9.47 Å². The van der Waals surface area contributed by atoms with E-state index in [0.29, 0.717) is 6.61 Å². The summed E-state index contributed by atoms with van der Waals surface area (Å²) >= 11 is 0. The Morgan fingerprint density at radius 3 is 2.71 bits per heavy atom. The highest BCUT2D eigenvalue weighted by atomic mass is 19.1. The topological polar surface area (TPSA) is 64.5 Å². The molecule has 1 aliphatic heterocycles. The van der Waals surface area contributed by atoms with Crippen molar-refractivity contribution in [3.05, 3.63) is 18.2 Å². The number of amides is 1. The lowest BCUT2D eigenvalue weighted by molar-refractivity contribution is 0.00820. The summed E-state index contributed by atoms with van der Waals surface area (Å²) in [6.07, 6.45) is 6.62. The zero-order valence-corrected chi connectivity index (χ0v) is 14.6. The number of aromatic nitrogens is 2. The fourth-order valence-corrected chi connectivity index (χ4v) is 2.72. The molecular formula is C17H26FN3O3. The van der Waals surface area contributed by atoms with Crippen molar-refractivity contribution in [1.82, 2.24) is 14.9 Å². The number of rotatable bonds is 5. The van der Waals surface area contributed by atoms with Crippen molar-refractivity contribution in [1.29, 1.82) is 0 Å². The minimum Gasteiger partial charge on any atom is -0.463 e. The highest BCUT2D eigenvalue weighted by Crippen LogP contribution is 2.23. The summed E-state index contributed by atoms with van der Waals surface area (Å²) in [5, 5.41) is 0. The molecule has 1 atom stereocenters. The number of likely N-dealkylation sites (tertiary alicyclic amines) is 1. The molecule has 0 radical (unpaired) electrons. The smallest absolute Gasteiger partial charge is 0.410 e. The van der Waals surface area contributed by atoms with Crippen LogP contribution in [0.1, 0.15) is 52.9 Å². The summed E-state index contributed by atoms with van der Waals surface area (Å²) in [5.41, 5.74) is -0.484. The summed E-state index contributed by atoms with van der Waals surface area (Å²) in [6, 6.07) is 0.343. The second kappa shape index (κ2) is 8.26. The number of nitrogens with zero attached hydrogens (tertiary/aromatic N) is 3. The van der Waals surface area contributed by atoms with E-state index in [2.05, 4.69) is 9.97 Å². The SMILES string of the molecule is CC(C)(C)OC(=O)N1CCCCC1CCCOc1ncc(F)cn1. The van der Waals surface area contributed by atoms with Crippen LogP contribution in [-0.4, -0.2) is 45.8 Å². The average molecular weight is 339 g/mol. The van der Waals surface area contributed by atoms with Gasteiger partial charge in [0.1, 0.15) is 5.60 Å². The molecule has 0 spiro atoms. The number of ether oxygens (including phenoxy) is 2. The zero-order valence-electron chi connectivity index (χ0n) is 14.6. The van der Waals surface area contributed by atoms with Crippen LogP contribution in [0.25, 0.3) is 0 Å². The third kappa shape index (κ3) is 5.94. The van der Waals surface area contributed by atoms with Gasteiger partial charge in [-0.3, -0.25) is 0 Å². The lowest BCUT2D eigenvalue weighted by atomic mass is 9.98. The molecular weight excluding hydrogens is 313 g/mol. The maximum Gasteiger partial charge on any atom is 0.410 e. The number of piperidine rings is 1. The van der Waals surface area contributed by atoms with Crippen LogP contribution in [0.2, 0.25) is 0 Å². The highest BCUT2D eigenvalue weighted by Gasteiger charge is 2.30. The second-order valence-electron chi connectivity index (χ2n) is 7.00. The van der Waals surface area contributed by atoms with E-state index >= 15 is 0 Å². The van der Waals surface area contributed by atoms with Gasteiger partial charge in [0.15, 0.2) is 5.82 Å². The van der Waals surface area contributed by atoms with E-state index in [0.717, 1.165) is 51.0 Å². The van der Waals surface area contributed by atoms with Crippen molar-refractivity contribution in [2.45, 2.75) is 64.5 Å². The zero-order chi connectivity index (χ0) is 17.6. The quantitative estimate of drug-likeness (QED) is 0.768. The Morgan fingerprint density at radius 2 is 2.04 bits per heavy atom. The van der Waals surface area contributed by atoms with Crippen molar-refractivity contribution >= 4 is 6.09 Å². The molecule has 1 amide bonds. The molecule has 1 saturated heterocycles. The van der Waals surface area contributed by atoms with Gasteiger partial charge < -0.3 is 14.4 Å². The molecule has 2 rings (SSSR count). The summed E-state index contributed by atoms with van der Waals surface area (Å²) < 4.78 is 23.6. The van der Waals surface area contributed by atoms with Gasteiger partial charge in [-0.15, -0.1) is 0 Å². The number of hydrogen-bond acceptors (Lipinski definition) is 5. The number of carbonyl (C=O) groups excluding carboxylic acids is 1. The van der Waals surface area contributed by atoms with Crippen molar-refractivity contribution < 1.29 is 18.7 Å². The summed E-state index contributed by atoms with van der Waals surface area (Å²) in [4.78, 5) is 21.7. The Labute approximate surface area is 142 Å². The Kier molecular flexibility index (Phi) is 6.34. The lowest BCUT2D eigenvalue weighted by Gasteiger charge is -2.36. The normalized spacial score (nSPS) is 18.3. The number of carbonyl (C=O) groups is 1. The van der Waals surface area contributed by atoms with Gasteiger partial charge in [-0.2, -0.15) is 0 Å². The van der Waals surface area contributed by atoms with Gasteiger partial charge >= 0.3 is 12.1 Å². The first kappa shape index (κ1) is 18.4. The predicted octanol–water partition coefficient (Wildman–Crippen LogP) is 3.56. The van der Waals surface area contributed by atoms with Gasteiger partial charge in [0, 0.05) is 12.6 Å². The Bertz CT molecular complexity index is 531. The van der Waals surface area contributed by atoms with E-state index < -0.39 is 11.4 Å². The van der Waals surface area contributed by atoms with Crippen LogP contribution in [-0.2, 0) is 4.74 Å². The fraction of sp³-hybridized carbons (Fsp3) is 0.706. The first-order valence-corrected chi connectivity index (χ1v) is 8.45. The van der Waals surface area contributed by atoms with Crippen LogP contribution in [0.15, 0.2) is 12.4 Å². The monoisotopic (exact) mass is 339 g/mol. The molecule has 1 aromatic rings. The van der Waals surface area contributed by atoms with E-state index in [9.17, 15) is 9.18 Å². The van der Waals surface area contributed by atoms with E-state index in [1.165, 1.54) is 0 Å². The highest BCUT2D eigenvalue weighted by molar-refractivity contribution is 5.68. The molecule has 1 unspecified atom stereocenters. The van der Waals surface area contributed by atoms with Crippen molar-refractivity contribution in [3.8, 4) is 6.01 Å². The van der Waals surface area contributed by atoms with Crippen LogP contribution in [0.3, 0.4) is 0 Å². The fourth-order valence-electron chi connectivity index (χ4n) is 2.72. The minimum absolute atomic E-state index is 0.170. The molecule has 1 aliphatic rings. The molecule has 0 aromatic carbocycles. The molecule has 134 valence electrons. The molecule has 1 fully saturated rings.